The first-order valence-corrected chi connectivity index (χ1v) is 14.3. The summed E-state index contributed by atoms with van der Waals surface area (Å²) in [5, 5.41) is 16.1. The number of fused-ring (bicyclic) bond motifs is 1. The summed E-state index contributed by atoms with van der Waals surface area (Å²) in [6.07, 6.45) is 0.827. The standard InChI is InChI=1S/C32H30N6OS/c1-23-14-15-26-20-28(32(39)33-29(26)19-23)30(31-34-35-36-38(31)21-25-11-6-3-7-12-25)37(22-27-13-8-18-40-27)17-16-24-9-4-2-5-10-24/h2-15,18-20,30H,16-17,21-22H2,1H3,(H,33,39)/t30-/m0/s1. The first-order chi connectivity index (χ1) is 19.6. The van der Waals surface area contributed by atoms with Crippen LogP contribution >= 0.6 is 11.3 Å². The van der Waals surface area contributed by atoms with E-state index < -0.39 is 6.04 Å². The summed E-state index contributed by atoms with van der Waals surface area (Å²) in [6.45, 7) is 3.92. The third kappa shape index (κ3) is 5.78. The van der Waals surface area contributed by atoms with Crippen LogP contribution in [0.2, 0.25) is 0 Å². The second-order valence-corrected chi connectivity index (χ2v) is 11.0. The highest BCUT2D eigenvalue weighted by Gasteiger charge is 2.31. The number of tetrazole rings is 1. The van der Waals surface area contributed by atoms with E-state index >= 15 is 0 Å². The average Bonchev–Trinajstić information content (AvgIpc) is 3.66. The molecule has 3 heterocycles. The van der Waals surface area contributed by atoms with Crippen LogP contribution in [0.25, 0.3) is 10.9 Å². The van der Waals surface area contributed by atoms with Crippen LogP contribution in [0.15, 0.2) is 107 Å². The van der Waals surface area contributed by atoms with Gasteiger partial charge in [-0.1, -0.05) is 78.9 Å². The molecule has 0 saturated carbocycles. The Bertz CT molecular complexity index is 1750. The molecule has 0 unspecified atom stereocenters. The Labute approximate surface area is 236 Å². The minimum absolute atomic E-state index is 0.131. The number of nitrogens with one attached hydrogen (secondary N) is 1. The number of thiophene rings is 1. The fourth-order valence-corrected chi connectivity index (χ4v) is 5.86. The Morgan fingerprint density at radius 3 is 2.45 bits per heavy atom. The third-order valence-electron chi connectivity index (χ3n) is 7.14. The molecule has 8 heteroatoms. The van der Waals surface area contributed by atoms with Crippen molar-refractivity contribution in [2.24, 2.45) is 0 Å². The molecule has 0 saturated heterocycles. The number of benzene rings is 3. The molecular weight excluding hydrogens is 516 g/mol. The number of aromatic nitrogens is 5. The largest absolute Gasteiger partial charge is 0.322 e. The van der Waals surface area contributed by atoms with Crippen molar-refractivity contribution < 1.29 is 0 Å². The minimum Gasteiger partial charge on any atom is -0.322 e. The molecule has 6 aromatic rings. The molecule has 1 atom stereocenters. The van der Waals surface area contributed by atoms with Crippen LogP contribution in [-0.2, 0) is 19.5 Å². The van der Waals surface area contributed by atoms with E-state index in [9.17, 15) is 4.79 Å². The lowest BCUT2D eigenvalue weighted by molar-refractivity contribution is 0.207. The van der Waals surface area contributed by atoms with Gasteiger partial charge >= 0.3 is 0 Å². The van der Waals surface area contributed by atoms with Crippen LogP contribution in [0.5, 0.6) is 0 Å². The van der Waals surface area contributed by atoms with E-state index in [4.69, 9.17) is 0 Å². The second-order valence-electron chi connectivity index (χ2n) is 10.0. The van der Waals surface area contributed by atoms with E-state index in [-0.39, 0.29) is 5.56 Å². The lowest BCUT2D eigenvalue weighted by atomic mass is 10.0. The number of aromatic amines is 1. The van der Waals surface area contributed by atoms with Crippen molar-refractivity contribution in [2.75, 3.05) is 6.54 Å². The van der Waals surface area contributed by atoms with Gasteiger partial charge in [0, 0.05) is 29.0 Å². The third-order valence-corrected chi connectivity index (χ3v) is 8.00. The van der Waals surface area contributed by atoms with Crippen LogP contribution in [0.1, 0.15) is 39.0 Å². The van der Waals surface area contributed by atoms with Gasteiger partial charge in [0.05, 0.1) is 6.54 Å². The summed E-state index contributed by atoms with van der Waals surface area (Å²) < 4.78 is 1.82. The zero-order valence-electron chi connectivity index (χ0n) is 22.3. The summed E-state index contributed by atoms with van der Waals surface area (Å²) in [4.78, 5) is 20.5. The summed E-state index contributed by atoms with van der Waals surface area (Å²) in [5.41, 5.74) is 4.75. The summed E-state index contributed by atoms with van der Waals surface area (Å²) in [6, 6.07) is 32.5. The Hall–Kier alpha value is -4.40. The molecule has 0 spiro atoms. The molecule has 40 heavy (non-hydrogen) atoms. The van der Waals surface area contributed by atoms with Gasteiger partial charge in [-0.05, 0) is 69.4 Å². The Kier molecular flexibility index (Phi) is 7.61. The maximum Gasteiger partial charge on any atom is 0.253 e. The van der Waals surface area contributed by atoms with Gasteiger partial charge < -0.3 is 4.98 Å². The molecule has 0 aliphatic heterocycles. The molecule has 0 radical (unpaired) electrons. The summed E-state index contributed by atoms with van der Waals surface area (Å²) >= 11 is 1.71. The topological polar surface area (TPSA) is 79.7 Å². The van der Waals surface area contributed by atoms with Crippen LogP contribution in [0, 0.1) is 6.92 Å². The molecule has 3 aromatic heterocycles. The van der Waals surface area contributed by atoms with E-state index in [2.05, 4.69) is 91.5 Å². The maximum absolute atomic E-state index is 13.8. The summed E-state index contributed by atoms with van der Waals surface area (Å²) in [5.74, 6) is 0.644. The quantitative estimate of drug-likeness (QED) is 0.236. The van der Waals surface area contributed by atoms with Crippen molar-refractivity contribution in [1.82, 2.24) is 30.1 Å². The number of pyridine rings is 1. The molecule has 0 aliphatic carbocycles. The lowest BCUT2D eigenvalue weighted by Crippen LogP contribution is -2.36. The van der Waals surface area contributed by atoms with E-state index in [0.717, 1.165) is 35.0 Å². The number of aryl methyl sites for hydroxylation is 1. The first kappa shape index (κ1) is 25.9. The summed E-state index contributed by atoms with van der Waals surface area (Å²) in [7, 11) is 0. The Balaban J connectivity index is 1.48. The number of hydrogen-bond acceptors (Lipinski definition) is 6. The van der Waals surface area contributed by atoms with Gasteiger partial charge in [0.1, 0.15) is 6.04 Å². The van der Waals surface area contributed by atoms with Crippen LogP contribution in [0.3, 0.4) is 0 Å². The van der Waals surface area contributed by atoms with Crippen LogP contribution < -0.4 is 5.56 Å². The van der Waals surface area contributed by atoms with Crippen molar-refractivity contribution >= 4 is 22.2 Å². The van der Waals surface area contributed by atoms with Crippen LogP contribution in [-0.4, -0.2) is 36.6 Å². The molecule has 0 fully saturated rings. The fourth-order valence-electron chi connectivity index (χ4n) is 5.13. The van der Waals surface area contributed by atoms with Crippen molar-refractivity contribution in [3.05, 3.63) is 146 Å². The number of H-pyrrole nitrogens is 1. The molecule has 0 aliphatic rings. The van der Waals surface area contributed by atoms with Gasteiger partial charge in [0.15, 0.2) is 5.82 Å². The van der Waals surface area contributed by atoms with Gasteiger partial charge in [-0.25, -0.2) is 4.68 Å². The normalized spacial score (nSPS) is 12.2. The minimum atomic E-state index is -0.459. The van der Waals surface area contributed by atoms with E-state index in [0.29, 0.717) is 24.5 Å². The van der Waals surface area contributed by atoms with Crippen molar-refractivity contribution in [1.29, 1.82) is 0 Å². The highest BCUT2D eigenvalue weighted by Crippen LogP contribution is 2.30. The first-order valence-electron chi connectivity index (χ1n) is 13.4. The Morgan fingerprint density at radius 2 is 1.70 bits per heavy atom. The number of hydrogen-bond donors (Lipinski definition) is 1. The fraction of sp³-hybridized carbons (Fsp3) is 0.188. The van der Waals surface area contributed by atoms with E-state index in [1.54, 1.807) is 11.3 Å². The molecule has 0 bridgehead atoms. The molecule has 0 amide bonds. The highest BCUT2D eigenvalue weighted by atomic mass is 32.1. The monoisotopic (exact) mass is 546 g/mol. The number of rotatable bonds is 10. The van der Waals surface area contributed by atoms with Gasteiger partial charge in [-0.3, -0.25) is 9.69 Å². The zero-order chi connectivity index (χ0) is 27.3. The maximum atomic E-state index is 13.8. The molecule has 3 aromatic carbocycles. The van der Waals surface area contributed by atoms with Crippen molar-refractivity contribution in [3.63, 3.8) is 0 Å². The Morgan fingerprint density at radius 1 is 0.925 bits per heavy atom. The van der Waals surface area contributed by atoms with Gasteiger partial charge in [-0.15, -0.1) is 16.4 Å². The molecule has 7 nitrogen and oxygen atoms in total. The molecule has 1 N–H and O–H groups in total. The number of nitrogens with zero attached hydrogens (tertiary/aromatic N) is 5. The average molecular weight is 547 g/mol. The molecular formula is C32H30N6OS. The second kappa shape index (κ2) is 11.8. The predicted molar refractivity (Wildman–Crippen MR) is 159 cm³/mol. The lowest BCUT2D eigenvalue weighted by Gasteiger charge is -2.31. The SMILES string of the molecule is Cc1ccc2cc([C@@H](c3nnnn3Cc3ccccc3)N(CCc3ccccc3)Cc3cccs3)c(=O)[nH]c2c1. The van der Waals surface area contributed by atoms with Gasteiger partial charge in [0.25, 0.3) is 5.56 Å². The van der Waals surface area contributed by atoms with E-state index in [1.165, 1.54) is 10.4 Å². The van der Waals surface area contributed by atoms with Crippen LogP contribution in [0.4, 0.5) is 0 Å². The van der Waals surface area contributed by atoms with Gasteiger partial charge in [-0.2, -0.15) is 0 Å². The van der Waals surface area contributed by atoms with E-state index in [1.807, 2.05) is 48.0 Å². The van der Waals surface area contributed by atoms with Gasteiger partial charge in [0.2, 0.25) is 0 Å². The van der Waals surface area contributed by atoms with Crippen molar-refractivity contribution in [3.8, 4) is 0 Å². The predicted octanol–water partition coefficient (Wildman–Crippen LogP) is 5.77. The zero-order valence-corrected chi connectivity index (χ0v) is 23.1. The molecule has 200 valence electrons. The smallest absolute Gasteiger partial charge is 0.253 e. The molecule has 6 rings (SSSR count). The highest BCUT2D eigenvalue weighted by molar-refractivity contribution is 7.09. The van der Waals surface area contributed by atoms with Crippen molar-refractivity contribution in [2.45, 2.75) is 32.5 Å².